The molecule has 25 heavy (non-hydrogen) atoms. The molecule has 1 aliphatic carbocycles. The number of carbonyl (C=O) groups is 2. The Hall–Kier alpha value is -2.01. The SMILES string of the molecule is O=C(O)CC1CSCCN1C(=O)C1CC1c1ccc2ccccc2c1. The lowest BCUT2D eigenvalue weighted by atomic mass is 10.0. The summed E-state index contributed by atoms with van der Waals surface area (Å²) in [5.41, 5.74) is 1.22. The van der Waals surface area contributed by atoms with Gasteiger partial charge in [0, 0.05) is 24.0 Å². The van der Waals surface area contributed by atoms with Crippen molar-refractivity contribution in [3.8, 4) is 0 Å². The van der Waals surface area contributed by atoms with Gasteiger partial charge in [-0.05, 0) is 28.7 Å². The molecule has 4 nitrogen and oxygen atoms in total. The van der Waals surface area contributed by atoms with E-state index in [0.29, 0.717) is 6.54 Å². The van der Waals surface area contributed by atoms with Crippen molar-refractivity contribution in [1.82, 2.24) is 4.90 Å². The average Bonchev–Trinajstić information content (AvgIpc) is 3.41. The summed E-state index contributed by atoms with van der Waals surface area (Å²) in [6, 6.07) is 14.5. The van der Waals surface area contributed by atoms with Gasteiger partial charge in [-0.25, -0.2) is 0 Å². The smallest absolute Gasteiger partial charge is 0.305 e. The Labute approximate surface area is 151 Å². The third-order valence-electron chi connectivity index (χ3n) is 5.23. The Morgan fingerprint density at radius 2 is 1.96 bits per heavy atom. The minimum absolute atomic E-state index is 0.0144. The first-order valence-electron chi connectivity index (χ1n) is 8.72. The highest BCUT2D eigenvalue weighted by molar-refractivity contribution is 7.99. The molecular weight excluding hydrogens is 334 g/mol. The van der Waals surface area contributed by atoms with Crippen LogP contribution in [0.2, 0.25) is 0 Å². The standard InChI is InChI=1S/C20H21NO3S/c22-19(23)10-16-12-25-8-7-21(16)20(24)18-11-17(18)15-6-5-13-3-1-2-4-14(13)9-15/h1-6,9,16-18H,7-8,10-12H2,(H,22,23). The van der Waals surface area contributed by atoms with Gasteiger partial charge in [-0.15, -0.1) is 0 Å². The number of hydrogen-bond donors (Lipinski definition) is 1. The molecule has 0 bridgehead atoms. The molecule has 2 aromatic carbocycles. The maximum Gasteiger partial charge on any atom is 0.305 e. The second kappa shape index (κ2) is 6.71. The minimum Gasteiger partial charge on any atom is -0.481 e. The van der Waals surface area contributed by atoms with Gasteiger partial charge in [0.2, 0.25) is 5.91 Å². The molecule has 0 aromatic heterocycles. The van der Waals surface area contributed by atoms with Gasteiger partial charge in [-0.2, -0.15) is 11.8 Å². The first kappa shape index (κ1) is 16.5. The summed E-state index contributed by atoms with van der Waals surface area (Å²) < 4.78 is 0. The fourth-order valence-electron chi connectivity index (χ4n) is 3.80. The summed E-state index contributed by atoms with van der Waals surface area (Å²) in [6.45, 7) is 0.669. The first-order valence-corrected chi connectivity index (χ1v) is 9.87. The van der Waals surface area contributed by atoms with E-state index in [9.17, 15) is 9.59 Å². The van der Waals surface area contributed by atoms with Crippen LogP contribution in [0.1, 0.15) is 24.3 Å². The number of carboxylic acid groups (broad SMARTS) is 1. The topological polar surface area (TPSA) is 57.6 Å². The molecule has 0 spiro atoms. The van der Waals surface area contributed by atoms with Crippen LogP contribution in [0.25, 0.3) is 10.8 Å². The van der Waals surface area contributed by atoms with E-state index in [4.69, 9.17) is 5.11 Å². The summed E-state index contributed by atoms with van der Waals surface area (Å²) in [5, 5.41) is 11.5. The van der Waals surface area contributed by atoms with Gasteiger partial charge in [0.25, 0.3) is 0 Å². The molecule has 2 fully saturated rings. The zero-order chi connectivity index (χ0) is 17.4. The number of hydrogen-bond acceptors (Lipinski definition) is 3. The van der Waals surface area contributed by atoms with E-state index in [0.717, 1.165) is 17.9 Å². The van der Waals surface area contributed by atoms with E-state index < -0.39 is 5.97 Å². The van der Waals surface area contributed by atoms with Crippen molar-refractivity contribution in [1.29, 1.82) is 0 Å². The molecular formula is C20H21NO3S. The highest BCUT2D eigenvalue weighted by Gasteiger charge is 2.47. The van der Waals surface area contributed by atoms with Crippen molar-refractivity contribution in [3.05, 3.63) is 48.0 Å². The van der Waals surface area contributed by atoms with E-state index in [-0.39, 0.29) is 30.2 Å². The lowest BCUT2D eigenvalue weighted by Gasteiger charge is -2.35. The number of thioether (sulfide) groups is 1. The number of amides is 1. The van der Waals surface area contributed by atoms with Gasteiger partial charge >= 0.3 is 5.97 Å². The van der Waals surface area contributed by atoms with Crippen LogP contribution in [-0.4, -0.2) is 46.0 Å². The molecule has 3 atom stereocenters. The second-order valence-corrected chi connectivity index (χ2v) is 8.06. The molecule has 1 N–H and O–H groups in total. The fraction of sp³-hybridized carbons (Fsp3) is 0.400. The maximum absolute atomic E-state index is 12.9. The average molecular weight is 355 g/mol. The molecule has 0 radical (unpaired) electrons. The lowest BCUT2D eigenvalue weighted by Crippen LogP contribution is -2.47. The van der Waals surface area contributed by atoms with Crippen molar-refractivity contribution in [2.24, 2.45) is 5.92 Å². The van der Waals surface area contributed by atoms with Gasteiger partial charge in [0.05, 0.1) is 12.5 Å². The van der Waals surface area contributed by atoms with Crippen molar-refractivity contribution >= 4 is 34.4 Å². The molecule has 1 saturated carbocycles. The van der Waals surface area contributed by atoms with E-state index >= 15 is 0 Å². The van der Waals surface area contributed by atoms with Crippen LogP contribution >= 0.6 is 11.8 Å². The third kappa shape index (κ3) is 3.38. The molecule has 1 aliphatic heterocycles. The predicted octanol–water partition coefficient (Wildman–Crippen LogP) is 3.36. The first-order chi connectivity index (χ1) is 12.1. The number of carboxylic acids is 1. The lowest BCUT2D eigenvalue weighted by molar-refractivity contribution is -0.140. The van der Waals surface area contributed by atoms with Crippen LogP contribution < -0.4 is 0 Å². The molecule has 1 saturated heterocycles. The Morgan fingerprint density at radius 3 is 2.76 bits per heavy atom. The molecule has 4 rings (SSSR count). The summed E-state index contributed by atoms with van der Waals surface area (Å²) in [4.78, 5) is 25.8. The third-order valence-corrected chi connectivity index (χ3v) is 6.32. The highest BCUT2D eigenvalue weighted by atomic mass is 32.2. The van der Waals surface area contributed by atoms with Crippen LogP contribution in [0.5, 0.6) is 0 Å². The van der Waals surface area contributed by atoms with Crippen molar-refractivity contribution in [3.63, 3.8) is 0 Å². The van der Waals surface area contributed by atoms with E-state index in [1.54, 1.807) is 11.8 Å². The Kier molecular flexibility index (Phi) is 4.42. The molecule has 5 heteroatoms. The molecule has 2 aromatic rings. The second-order valence-electron chi connectivity index (χ2n) is 6.91. The van der Waals surface area contributed by atoms with Crippen LogP contribution in [0.15, 0.2) is 42.5 Å². The molecule has 130 valence electrons. The Morgan fingerprint density at radius 1 is 1.16 bits per heavy atom. The summed E-state index contributed by atoms with van der Waals surface area (Å²) in [5.74, 6) is 1.23. The van der Waals surface area contributed by atoms with Gasteiger partial charge in [0.1, 0.15) is 0 Å². The van der Waals surface area contributed by atoms with Crippen LogP contribution in [0.4, 0.5) is 0 Å². The number of fused-ring (bicyclic) bond motifs is 1. The molecule has 2 aliphatic rings. The number of carbonyl (C=O) groups excluding carboxylic acids is 1. The van der Waals surface area contributed by atoms with E-state index in [2.05, 4.69) is 30.3 Å². The van der Waals surface area contributed by atoms with E-state index in [1.807, 2.05) is 17.0 Å². The van der Waals surface area contributed by atoms with Gasteiger partial charge in [-0.3, -0.25) is 9.59 Å². The number of benzene rings is 2. The van der Waals surface area contributed by atoms with Crippen LogP contribution in [0.3, 0.4) is 0 Å². The normalized spacial score (nSPS) is 25.8. The predicted molar refractivity (Wildman–Crippen MR) is 99.9 cm³/mol. The minimum atomic E-state index is -0.827. The summed E-state index contributed by atoms with van der Waals surface area (Å²) in [7, 11) is 0. The van der Waals surface area contributed by atoms with Gasteiger partial charge < -0.3 is 10.0 Å². The summed E-state index contributed by atoms with van der Waals surface area (Å²) >= 11 is 1.74. The molecule has 1 heterocycles. The zero-order valence-corrected chi connectivity index (χ0v) is 14.7. The summed E-state index contributed by atoms with van der Waals surface area (Å²) in [6.07, 6.45) is 0.923. The quantitative estimate of drug-likeness (QED) is 0.914. The fourth-order valence-corrected chi connectivity index (χ4v) is 4.87. The monoisotopic (exact) mass is 355 g/mol. The van der Waals surface area contributed by atoms with Gasteiger partial charge in [-0.1, -0.05) is 42.5 Å². The number of rotatable bonds is 4. The van der Waals surface area contributed by atoms with Crippen molar-refractivity contribution in [2.45, 2.75) is 24.8 Å². The highest BCUT2D eigenvalue weighted by Crippen LogP contribution is 2.49. The van der Waals surface area contributed by atoms with Crippen LogP contribution in [-0.2, 0) is 9.59 Å². The number of aliphatic carboxylic acids is 1. The van der Waals surface area contributed by atoms with Crippen molar-refractivity contribution in [2.75, 3.05) is 18.1 Å². The largest absolute Gasteiger partial charge is 0.481 e. The Balaban J connectivity index is 1.49. The van der Waals surface area contributed by atoms with E-state index in [1.165, 1.54) is 16.3 Å². The molecule has 1 amide bonds. The molecule has 3 unspecified atom stereocenters. The van der Waals surface area contributed by atoms with Crippen LogP contribution in [0, 0.1) is 5.92 Å². The maximum atomic E-state index is 12.9. The Bertz CT molecular complexity index is 821. The van der Waals surface area contributed by atoms with Gasteiger partial charge in [0.15, 0.2) is 0 Å². The number of nitrogens with zero attached hydrogens (tertiary/aromatic N) is 1. The zero-order valence-electron chi connectivity index (χ0n) is 13.9. The van der Waals surface area contributed by atoms with Crippen molar-refractivity contribution < 1.29 is 14.7 Å².